The standard InChI is InChI=1S/C19H26N8O/c1-4-7-27-8-5-6-14(12-27)26(3)19-23-15-10-20-18(28)16(15)17(24-19)22-13-9-21-25(2)11-13/h4,7,9,11,14H,5-6,8,10,12H2,1-3H3,(H,20,28)(H,22,23,24). The van der Waals surface area contributed by atoms with Crippen LogP contribution in [0.2, 0.25) is 0 Å². The lowest BCUT2D eigenvalue weighted by Crippen LogP contribution is -2.45. The van der Waals surface area contributed by atoms with Crippen LogP contribution in [0.25, 0.3) is 0 Å². The van der Waals surface area contributed by atoms with Gasteiger partial charge in [-0.2, -0.15) is 10.1 Å². The smallest absolute Gasteiger partial charge is 0.257 e. The molecule has 2 aliphatic heterocycles. The van der Waals surface area contributed by atoms with Crippen LogP contribution in [0.1, 0.15) is 35.8 Å². The first-order valence-corrected chi connectivity index (χ1v) is 9.59. The second-order valence-electron chi connectivity index (χ2n) is 7.29. The number of fused-ring (bicyclic) bond motifs is 1. The summed E-state index contributed by atoms with van der Waals surface area (Å²) in [5, 5.41) is 10.3. The molecule has 0 spiro atoms. The van der Waals surface area contributed by atoms with Gasteiger partial charge in [-0.05, 0) is 26.0 Å². The molecule has 1 fully saturated rings. The minimum atomic E-state index is -0.146. The van der Waals surface area contributed by atoms with E-state index in [-0.39, 0.29) is 5.91 Å². The summed E-state index contributed by atoms with van der Waals surface area (Å²) in [6, 6.07) is 0.319. The molecule has 148 valence electrons. The number of aromatic nitrogens is 4. The van der Waals surface area contributed by atoms with E-state index in [9.17, 15) is 4.79 Å². The summed E-state index contributed by atoms with van der Waals surface area (Å²) >= 11 is 0. The van der Waals surface area contributed by atoms with Gasteiger partial charge < -0.3 is 20.4 Å². The monoisotopic (exact) mass is 382 g/mol. The first kappa shape index (κ1) is 18.3. The summed E-state index contributed by atoms with van der Waals surface area (Å²) in [7, 11) is 3.88. The maximum Gasteiger partial charge on any atom is 0.257 e. The third-order valence-electron chi connectivity index (χ3n) is 5.23. The van der Waals surface area contributed by atoms with E-state index in [4.69, 9.17) is 9.97 Å². The van der Waals surface area contributed by atoms with Gasteiger partial charge in [-0.15, -0.1) is 0 Å². The molecule has 4 heterocycles. The SMILES string of the molecule is CC=CN1CCCC(N(C)c2nc3c(c(Nc4cnn(C)c4)n2)C(=O)NC3)C1. The number of carbonyl (C=O) groups is 1. The number of carbonyl (C=O) groups excluding carboxylic acids is 1. The average molecular weight is 382 g/mol. The van der Waals surface area contributed by atoms with Crippen LogP contribution < -0.4 is 15.5 Å². The highest BCUT2D eigenvalue weighted by Gasteiger charge is 2.30. The van der Waals surface area contributed by atoms with Crippen molar-refractivity contribution in [2.45, 2.75) is 32.4 Å². The van der Waals surface area contributed by atoms with E-state index in [1.807, 2.05) is 27.2 Å². The van der Waals surface area contributed by atoms with Crippen molar-refractivity contribution in [1.82, 2.24) is 30.0 Å². The molecule has 0 aromatic carbocycles. The Labute approximate surface area is 164 Å². The molecule has 0 bridgehead atoms. The van der Waals surface area contributed by atoms with Crippen LogP contribution >= 0.6 is 0 Å². The number of hydrogen-bond acceptors (Lipinski definition) is 7. The van der Waals surface area contributed by atoms with Crippen LogP contribution in [0.4, 0.5) is 17.5 Å². The van der Waals surface area contributed by atoms with Crippen LogP contribution in [0, 0.1) is 0 Å². The Morgan fingerprint density at radius 3 is 3.00 bits per heavy atom. The highest BCUT2D eigenvalue weighted by atomic mass is 16.2. The van der Waals surface area contributed by atoms with Crippen molar-refractivity contribution in [1.29, 1.82) is 0 Å². The van der Waals surface area contributed by atoms with Gasteiger partial charge in [0, 0.05) is 39.4 Å². The van der Waals surface area contributed by atoms with E-state index in [0.29, 0.717) is 29.9 Å². The number of amides is 1. The van der Waals surface area contributed by atoms with Crippen molar-refractivity contribution in [3.8, 4) is 0 Å². The van der Waals surface area contributed by atoms with Crippen LogP contribution in [0.15, 0.2) is 24.7 Å². The molecule has 1 unspecified atom stereocenters. The van der Waals surface area contributed by atoms with E-state index >= 15 is 0 Å². The predicted octanol–water partition coefficient (Wildman–Crippen LogP) is 1.63. The number of nitrogens with zero attached hydrogens (tertiary/aromatic N) is 6. The number of likely N-dealkylation sites (N-methyl/N-ethyl adjacent to an activating group) is 1. The van der Waals surface area contributed by atoms with E-state index in [1.165, 1.54) is 0 Å². The minimum absolute atomic E-state index is 0.146. The molecule has 28 heavy (non-hydrogen) atoms. The van der Waals surface area contributed by atoms with Gasteiger partial charge in [0.15, 0.2) is 0 Å². The number of anilines is 3. The van der Waals surface area contributed by atoms with Gasteiger partial charge in [0.05, 0.1) is 24.1 Å². The summed E-state index contributed by atoms with van der Waals surface area (Å²) in [4.78, 5) is 26.2. The molecule has 2 N–H and O–H groups in total. The second kappa shape index (κ2) is 7.49. The van der Waals surface area contributed by atoms with Gasteiger partial charge in [-0.3, -0.25) is 9.48 Å². The van der Waals surface area contributed by atoms with Crippen LogP contribution in [0.5, 0.6) is 0 Å². The Morgan fingerprint density at radius 2 is 2.25 bits per heavy atom. The fourth-order valence-corrected chi connectivity index (χ4v) is 3.79. The van der Waals surface area contributed by atoms with Crippen molar-refractivity contribution in [3.05, 3.63) is 35.9 Å². The van der Waals surface area contributed by atoms with Crippen LogP contribution in [-0.2, 0) is 13.6 Å². The second-order valence-corrected chi connectivity index (χ2v) is 7.29. The zero-order chi connectivity index (χ0) is 19.7. The summed E-state index contributed by atoms with van der Waals surface area (Å²) in [5.74, 6) is 1.01. The summed E-state index contributed by atoms with van der Waals surface area (Å²) < 4.78 is 1.70. The molecular weight excluding hydrogens is 356 g/mol. The Morgan fingerprint density at radius 1 is 1.39 bits per heavy atom. The molecule has 1 atom stereocenters. The lowest BCUT2D eigenvalue weighted by molar-refractivity contribution is 0.0966. The topological polar surface area (TPSA) is 91.2 Å². The zero-order valence-electron chi connectivity index (χ0n) is 16.5. The summed E-state index contributed by atoms with van der Waals surface area (Å²) in [6.45, 7) is 4.47. The van der Waals surface area contributed by atoms with E-state index in [0.717, 1.165) is 37.3 Å². The molecular formula is C19H26N8O. The Balaban J connectivity index is 1.64. The van der Waals surface area contributed by atoms with E-state index < -0.39 is 0 Å². The fraction of sp³-hybridized carbons (Fsp3) is 0.474. The van der Waals surface area contributed by atoms with Gasteiger partial charge in [0.2, 0.25) is 5.95 Å². The largest absolute Gasteiger partial charge is 0.376 e. The molecule has 4 rings (SSSR count). The highest BCUT2D eigenvalue weighted by molar-refractivity contribution is 6.02. The Bertz CT molecular complexity index is 905. The number of hydrogen-bond donors (Lipinski definition) is 2. The summed E-state index contributed by atoms with van der Waals surface area (Å²) in [5.41, 5.74) is 2.03. The molecule has 1 saturated heterocycles. The maximum atomic E-state index is 12.3. The number of allylic oxidation sites excluding steroid dienone is 1. The van der Waals surface area contributed by atoms with Crippen LogP contribution in [0.3, 0.4) is 0 Å². The first-order chi connectivity index (χ1) is 13.5. The minimum Gasteiger partial charge on any atom is -0.376 e. The molecule has 9 nitrogen and oxygen atoms in total. The van der Waals surface area contributed by atoms with Gasteiger partial charge in [0.1, 0.15) is 11.4 Å². The first-order valence-electron chi connectivity index (χ1n) is 9.59. The van der Waals surface area contributed by atoms with E-state index in [2.05, 4.69) is 37.8 Å². The lowest BCUT2D eigenvalue weighted by Gasteiger charge is -2.37. The summed E-state index contributed by atoms with van der Waals surface area (Å²) in [6.07, 6.45) is 9.99. The van der Waals surface area contributed by atoms with Crippen molar-refractivity contribution < 1.29 is 4.79 Å². The van der Waals surface area contributed by atoms with Crippen LogP contribution in [-0.4, -0.2) is 56.7 Å². The van der Waals surface area contributed by atoms with Crippen molar-refractivity contribution >= 4 is 23.4 Å². The quantitative estimate of drug-likeness (QED) is 0.812. The predicted molar refractivity (Wildman–Crippen MR) is 108 cm³/mol. The average Bonchev–Trinajstić information content (AvgIpc) is 3.27. The van der Waals surface area contributed by atoms with Crippen molar-refractivity contribution in [3.63, 3.8) is 0 Å². The maximum absolute atomic E-state index is 12.3. The van der Waals surface area contributed by atoms with Crippen molar-refractivity contribution in [2.24, 2.45) is 7.05 Å². The molecule has 2 aromatic heterocycles. The Hall–Kier alpha value is -3.10. The molecule has 9 heteroatoms. The third kappa shape index (κ3) is 3.51. The molecule has 2 aliphatic rings. The number of piperidine rings is 1. The normalized spacial score (nSPS) is 19.0. The number of likely N-dealkylation sites (tertiary alicyclic amines) is 1. The van der Waals surface area contributed by atoms with Crippen molar-refractivity contribution in [2.75, 3.05) is 30.4 Å². The van der Waals surface area contributed by atoms with Gasteiger partial charge in [-0.25, -0.2) is 4.98 Å². The third-order valence-corrected chi connectivity index (χ3v) is 5.23. The lowest BCUT2D eigenvalue weighted by atomic mass is 10.1. The molecule has 0 saturated carbocycles. The molecule has 0 aliphatic carbocycles. The zero-order valence-corrected chi connectivity index (χ0v) is 16.5. The van der Waals surface area contributed by atoms with Gasteiger partial charge in [0.25, 0.3) is 5.91 Å². The van der Waals surface area contributed by atoms with Gasteiger partial charge in [-0.1, -0.05) is 6.08 Å². The fourth-order valence-electron chi connectivity index (χ4n) is 3.79. The Kier molecular flexibility index (Phi) is 4.89. The van der Waals surface area contributed by atoms with E-state index in [1.54, 1.807) is 10.9 Å². The molecule has 0 radical (unpaired) electrons. The number of rotatable bonds is 5. The number of nitrogens with one attached hydrogen (secondary N) is 2. The number of aryl methyl sites for hydroxylation is 1. The highest BCUT2D eigenvalue weighted by Crippen LogP contribution is 2.28. The molecule has 1 amide bonds. The van der Waals surface area contributed by atoms with Gasteiger partial charge >= 0.3 is 0 Å². The molecule has 2 aromatic rings.